The first-order valence-corrected chi connectivity index (χ1v) is 6.10. The molecule has 1 aliphatic heterocycles. The van der Waals surface area contributed by atoms with Crippen LogP contribution in [-0.2, 0) is 11.3 Å². The van der Waals surface area contributed by atoms with Crippen LogP contribution in [0.4, 0.5) is 4.79 Å². The lowest BCUT2D eigenvalue weighted by Gasteiger charge is -2.30. The summed E-state index contributed by atoms with van der Waals surface area (Å²) in [6, 6.07) is 8.78. The average molecular weight is 277 g/mol. The Hall–Kier alpha value is -1.96. The minimum Gasteiger partial charge on any atom is -0.356 e. The summed E-state index contributed by atoms with van der Waals surface area (Å²) in [5.74, 6) is 2.47. The van der Waals surface area contributed by atoms with Gasteiger partial charge in [0, 0.05) is 6.20 Å². The predicted octanol–water partition coefficient (Wildman–Crippen LogP) is 2.27. The van der Waals surface area contributed by atoms with E-state index in [-0.39, 0.29) is 12.8 Å². The van der Waals surface area contributed by atoms with Gasteiger partial charge in [-0.25, -0.2) is 4.79 Å². The summed E-state index contributed by atoms with van der Waals surface area (Å²) < 4.78 is 5.49. The van der Waals surface area contributed by atoms with Crippen LogP contribution < -0.4 is 5.32 Å². The fraction of sp³-hybridized carbons (Fsp3) is 0.214. The highest BCUT2D eigenvalue weighted by Gasteiger charge is 2.28. The van der Waals surface area contributed by atoms with Gasteiger partial charge in [0.25, 0.3) is 0 Å². The van der Waals surface area contributed by atoms with Crippen LogP contribution >= 0.6 is 11.6 Å². The van der Waals surface area contributed by atoms with Crippen LogP contribution in [0.25, 0.3) is 0 Å². The molecule has 1 heterocycles. The molecule has 0 aliphatic carbocycles. The number of terminal acetylenes is 1. The number of carbonyl (C=O) groups is 1. The lowest BCUT2D eigenvalue weighted by Crippen LogP contribution is -2.49. The number of benzene rings is 1. The van der Waals surface area contributed by atoms with Crippen molar-refractivity contribution in [3.63, 3.8) is 0 Å². The molecular weight excluding hydrogens is 264 g/mol. The number of ether oxygens (including phenoxy) is 1. The molecule has 0 radical (unpaired) electrons. The molecule has 2 rings (SSSR count). The average Bonchev–Trinajstić information content (AvgIpc) is 2.44. The Labute approximate surface area is 117 Å². The standard InChI is InChI=1S/C14H13ClN2O2/c1-2-13-12(15)8-16-14(18)17(13)10-19-9-11-6-4-3-5-7-11/h1,3-8,13H,9-10H2,(H,16,18). The van der Waals surface area contributed by atoms with Crippen LogP contribution in [0.1, 0.15) is 5.56 Å². The van der Waals surface area contributed by atoms with Gasteiger partial charge in [-0.15, -0.1) is 6.42 Å². The van der Waals surface area contributed by atoms with Gasteiger partial charge < -0.3 is 10.1 Å². The third kappa shape index (κ3) is 3.28. The monoisotopic (exact) mass is 276 g/mol. The van der Waals surface area contributed by atoms with E-state index in [1.807, 2.05) is 30.3 Å². The van der Waals surface area contributed by atoms with E-state index >= 15 is 0 Å². The second-order valence-corrected chi connectivity index (χ2v) is 4.42. The van der Waals surface area contributed by atoms with Crippen molar-refractivity contribution < 1.29 is 9.53 Å². The Morgan fingerprint density at radius 2 is 2.16 bits per heavy atom. The van der Waals surface area contributed by atoms with Crippen molar-refractivity contribution >= 4 is 17.6 Å². The highest BCUT2D eigenvalue weighted by molar-refractivity contribution is 6.31. The van der Waals surface area contributed by atoms with Gasteiger partial charge in [-0.3, -0.25) is 4.90 Å². The Bertz CT molecular complexity index is 522. The summed E-state index contributed by atoms with van der Waals surface area (Å²) in [5, 5.41) is 2.91. The molecule has 2 amide bonds. The van der Waals surface area contributed by atoms with Crippen molar-refractivity contribution in [2.45, 2.75) is 12.6 Å². The summed E-state index contributed by atoms with van der Waals surface area (Å²) in [7, 11) is 0. The maximum Gasteiger partial charge on any atom is 0.324 e. The zero-order chi connectivity index (χ0) is 13.7. The zero-order valence-corrected chi connectivity index (χ0v) is 10.9. The lowest BCUT2D eigenvalue weighted by atomic mass is 10.2. The van der Waals surface area contributed by atoms with Crippen LogP contribution in [-0.4, -0.2) is 23.7 Å². The smallest absolute Gasteiger partial charge is 0.324 e. The van der Waals surface area contributed by atoms with Gasteiger partial charge in [-0.05, 0) is 5.56 Å². The molecule has 98 valence electrons. The van der Waals surface area contributed by atoms with Crippen molar-refractivity contribution in [3.05, 3.63) is 47.1 Å². The summed E-state index contributed by atoms with van der Waals surface area (Å²) in [4.78, 5) is 13.1. The second kappa shape index (κ2) is 6.28. The molecule has 0 spiro atoms. The van der Waals surface area contributed by atoms with Crippen molar-refractivity contribution in [1.82, 2.24) is 10.2 Å². The zero-order valence-electron chi connectivity index (χ0n) is 10.2. The molecule has 4 nitrogen and oxygen atoms in total. The molecule has 1 aromatic rings. The molecular formula is C14H13ClN2O2. The molecule has 1 N–H and O–H groups in total. The number of nitrogens with one attached hydrogen (secondary N) is 1. The number of amides is 2. The third-order valence-corrected chi connectivity index (χ3v) is 2.98. The molecule has 1 aliphatic rings. The van der Waals surface area contributed by atoms with Gasteiger partial charge in [-0.1, -0.05) is 47.9 Å². The molecule has 0 bridgehead atoms. The highest BCUT2D eigenvalue weighted by Crippen LogP contribution is 2.18. The topological polar surface area (TPSA) is 41.6 Å². The Kier molecular flexibility index (Phi) is 4.45. The van der Waals surface area contributed by atoms with Gasteiger partial charge in [-0.2, -0.15) is 0 Å². The van der Waals surface area contributed by atoms with E-state index in [1.165, 1.54) is 11.1 Å². The minimum absolute atomic E-state index is 0.0830. The maximum absolute atomic E-state index is 11.7. The first kappa shape index (κ1) is 13.5. The largest absolute Gasteiger partial charge is 0.356 e. The van der Waals surface area contributed by atoms with E-state index in [0.29, 0.717) is 11.6 Å². The van der Waals surface area contributed by atoms with Crippen LogP contribution in [0, 0.1) is 12.3 Å². The first-order chi connectivity index (χ1) is 9.22. The molecule has 1 aromatic carbocycles. The summed E-state index contributed by atoms with van der Waals surface area (Å²) in [6.45, 7) is 0.489. The van der Waals surface area contributed by atoms with Gasteiger partial charge in [0.05, 0.1) is 11.6 Å². The van der Waals surface area contributed by atoms with E-state index in [0.717, 1.165) is 5.56 Å². The molecule has 0 saturated heterocycles. The van der Waals surface area contributed by atoms with Crippen LogP contribution in [0.2, 0.25) is 0 Å². The van der Waals surface area contributed by atoms with Gasteiger partial charge in [0.1, 0.15) is 12.8 Å². The first-order valence-electron chi connectivity index (χ1n) is 5.73. The summed E-state index contributed by atoms with van der Waals surface area (Å²) in [6.07, 6.45) is 6.78. The molecule has 1 unspecified atom stereocenters. The van der Waals surface area contributed by atoms with E-state index in [4.69, 9.17) is 22.8 Å². The molecule has 19 heavy (non-hydrogen) atoms. The number of urea groups is 1. The van der Waals surface area contributed by atoms with E-state index in [1.54, 1.807) is 0 Å². The number of nitrogens with zero attached hydrogens (tertiary/aromatic N) is 1. The number of hydrogen-bond acceptors (Lipinski definition) is 2. The SMILES string of the molecule is C#CC1C(Cl)=CNC(=O)N1COCc1ccccc1. The van der Waals surface area contributed by atoms with Gasteiger partial charge in [0.15, 0.2) is 0 Å². The number of carbonyl (C=O) groups excluding carboxylic acids is 1. The van der Waals surface area contributed by atoms with Crippen molar-refractivity contribution in [2.24, 2.45) is 0 Å². The molecule has 0 fully saturated rings. The quantitative estimate of drug-likeness (QED) is 0.857. The molecule has 1 atom stereocenters. The Balaban J connectivity index is 1.93. The second-order valence-electron chi connectivity index (χ2n) is 3.98. The van der Waals surface area contributed by atoms with Gasteiger partial charge in [0.2, 0.25) is 0 Å². The van der Waals surface area contributed by atoms with Crippen LogP contribution in [0.3, 0.4) is 0 Å². The molecule has 5 heteroatoms. The van der Waals surface area contributed by atoms with Crippen LogP contribution in [0.15, 0.2) is 41.6 Å². The van der Waals surface area contributed by atoms with E-state index < -0.39 is 6.04 Å². The summed E-state index contributed by atoms with van der Waals surface area (Å²) in [5.41, 5.74) is 1.03. The molecule has 0 saturated carbocycles. The third-order valence-electron chi connectivity index (χ3n) is 2.67. The van der Waals surface area contributed by atoms with Gasteiger partial charge >= 0.3 is 6.03 Å². The fourth-order valence-electron chi connectivity index (χ4n) is 1.70. The fourth-order valence-corrected chi connectivity index (χ4v) is 1.93. The maximum atomic E-state index is 11.7. The van der Waals surface area contributed by atoms with Crippen molar-refractivity contribution in [1.29, 1.82) is 0 Å². The minimum atomic E-state index is -0.578. The predicted molar refractivity (Wildman–Crippen MR) is 73.0 cm³/mol. The van der Waals surface area contributed by atoms with Crippen molar-refractivity contribution in [2.75, 3.05) is 6.73 Å². The Morgan fingerprint density at radius 1 is 1.42 bits per heavy atom. The lowest BCUT2D eigenvalue weighted by molar-refractivity contribution is 0.0328. The number of halogens is 1. The van der Waals surface area contributed by atoms with E-state index in [9.17, 15) is 4.79 Å². The number of rotatable bonds is 4. The van der Waals surface area contributed by atoms with E-state index in [2.05, 4.69) is 11.2 Å². The van der Waals surface area contributed by atoms with Crippen LogP contribution in [0.5, 0.6) is 0 Å². The molecule has 0 aromatic heterocycles. The Morgan fingerprint density at radius 3 is 2.84 bits per heavy atom. The summed E-state index contributed by atoms with van der Waals surface area (Å²) >= 11 is 5.95. The normalized spacial score (nSPS) is 18.5. The highest BCUT2D eigenvalue weighted by atomic mass is 35.5. The van der Waals surface area contributed by atoms with Crippen molar-refractivity contribution in [3.8, 4) is 12.3 Å². The number of hydrogen-bond donors (Lipinski definition) is 1.